The maximum Gasteiger partial charge on any atom is 0.419 e. The predicted molar refractivity (Wildman–Crippen MR) is 109 cm³/mol. The molecule has 4 rings (SSSR count). The van der Waals surface area contributed by atoms with Crippen LogP contribution in [0.5, 0.6) is 5.75 Å². The van der Waals surface area contributed by atoms with Crippen LogP contribution in [0, 0.1) is 11.6 Å². The standard InChI is InChI=1S/C21H18F5N3O.ClH/c22-18-3-1-11-9-29-20(27)8-15(11)16(18)10-28-12-5-14(6-12)30-13-2-4-19(23)17(7-13)21(24,25)26;/h1-4,7-9,12,14,28H,5-6,10H2,(H2,27,29);1H. The van der Waals surface area contributed by atoms with Crippen molar-refractivity contribution in [3.05, 3.63) is 65.4 Å². The molecule has 0 aliphatic heterocycles. The summed E-state index contributed by atoms with van der Waals surface area (Å²) in [7, 11) is 0. The van der Waals surface area contributed by atoms with E-state index in [0.717, 1.165) is 11.5 Å². The molecule has 1 aliphatic rings. The number of anilines is 1. The molecule has 2 aromatic carbocycles. The summed E-state index contributed by atoms with van der Waals surface area (Å²) in [5, 5.41) is 4.67. The molecule has 1 heterocycles. The second-order valence-electron chi connectivity index (χ2n) is 7.28. The number of hydrogen-bond acceptors (Lipinski definition) is 4. The van der Waals surface area contributed by atoms with E-state index in [-0.39, 0.29) is 42.7 Å². The zero-order chi connectivity index (χ0) is 21.5. The topological polar surface area (TPSA) is 60.2 Å². The van der Waals surface area contributed by atoms with Crippen LogP contribution in [0.25, 0.3) is 10.8 Å². The zero-order valence-electron chi connectivity index (χ0n) is 16.0. The number of benzene rings is 2. The number of nitrogen functional groups attached to an aromatic ring is 1. The second kappa shape index (κ2) is 8.84. The molecule has 0 atom stereocenters. The number of nitrogens with two attached hydrogens (primary N) is 1. The van der Waals surface area contributed by atoms with Gasteiger partial charge in [0.15, 0.2) is 0 Å². The number of aromatic nitrogens is 1. The molecule has 10 heteroatoms. The SMILES string of the molecule is Cl.Nc1cc2c(CNC3CC(Oc4ccc(F)c(C(F)(F)F)c4)C3)c(F)ccc2cn1. The molecule has 4 nitrogen and oxygen atoms in total. The third-order valence-electron chi connectivity index (χ3n) is 5.19. The summed E-state index contributed by atoms with van der Waals surface area (Å²) in [4.78, 5) is 4.00. The molecule has 0 bridgehead atoms. The Bertz CT molecular complexity index is 1080. The molecule has 166 valence electrons. The lowest BCUT2D eigenvalue weighted by atomic mass is 9.89. The summed E-state index contributed by atoms with van der Waals surface area (Å²) in [5.74, 6) is -1.44. The number of nitrogens with one attached hydrogen (secondary N) is 1. The predicted octanol–water partition coefficient (Wildman–Crippen LogP) is 5.24. The molecule has 0 unspecified atom stereocenters. The Balaban J connectivity index is 0.00000272. The van der Waals surface area contributed by atoms with E-state index in [0.29, 0.717) is 35.7 Å². The number of ether oxygens (including phenoxy) is 1. The minimum absolute atomic E-state index is 0. The number of pyridine rings is 1. The number of hydrogen-bond donors (Lipinski definition) is 2. The zero-order valence-corrected chi connectivity index (χ0v) is 16.9. The fourth-order valence-electron chi connectivity index (χ4n) is 3.51. The van der Waals surface area contributed by atoms with Crippen LogP contribution in [0.2, 0.25) is 0 Å². The Morgan fingerprint density at radius 1 is 1.06 bits per heavy atom. The minimum atomic E-state index is -4.78. The first-order valence-corrected chi connectivity index (χ1v) is 9.30. The Kier molecular flexibility index (Phi) is 6.56. The quantitative estimate of drug-likeness (QED) is 0.513. The van der Waals surface area contributed by atoms with Crippen LogP contribution >= 0.6 is 12.4 Å². The molecule has 0 saturated heterocycles. The van der Waals surface area contributed by atoms with Crippen molar-refractivity contribution in [2.75, 3.05) is 5.73 Å². The maximum atomic E-state index is 14.3. The van der Waals surface area contributed by atoms with Crippen LogP contribution in [-0.4, -0.2) is 17.1 Å². The van der Waals surface area contributed by atoms with Gasteiger partial charge in [0.05, 0.1) is 5.56 Å². The Morgan fingerprint density at radius 2 is 1.77 bits per heavy atom. The molecule has 3 N–H and O–H groups in total. The lowest BCUT2D eigenvalue weighted by molar-refractivity contribution is -0.140. The first-order valence-electron chi connectivity index (χ1n) is 9.30. The van der Waals surface area contributed by atoms with E-state index in [1.54, 1.807) is 18.3 Å². The molecule has 0 spiro atoms. The lowest BCUT2D eigenvalue weighted by Gasteiger charge is -2.36. The minimum Gasteiger partial charge on any atom is -0.490 e. The summed E-state index contributed by atoms with van der Waals surface area (Å²) in [6.45, 7) is 0.263. The van der Waals surface area contributed by atoms with Gasteiger partial charge < -0.3 is 15.8 Å². The first kappa shape index (κ1) is 23.0. The van der Waals surface area contributed by atoms with Gasteiger partial charge in [-0.1, -0.05) is 0 Å². The Hall–Kier alpha value is -2.65. The van der Waals surface area contributed by atoms with Crippen molar-refractivity contribution in [3.8, 4) is 5.75 Å². The normalized spacial score (nSPS) is 18.4. The first-order chi connectivity index (χ1) is 14.2. The molecule has 0 radical (unpaired) electrons. The molecule has 1 aromatic heterocycles. The second-order valence-corrected chi connectivity index (χ2v) is 7.28. The average molecular weight is 460 g/mol. The van der Waals surface area contributed by atoms with E-state index in [4.69, 9.17) is 10.5 Å². The van der Waals surface area contributed by atoms with Crippen molar-refractivity contribution in [1.82, 2.24) is 10.3 Å². The van der Waals surface area contributed by atoms with E-state index in [2.05, 4.69) is 10.3 Å². The number of halogens is 6. The summed E-state index contributed by atoms with van der Waals surface area (Å²) in [5.41, 5.74) is 4.83. The van der Waals surface area contributed by atoms with Gasteiger partial charge in [-0.15, -0.1) is 12.4 Å². The largest absolute Gasteiger partial charge is 0.490 e. The highest BCUT2D eigenvalue weighted by Crippen LogP contribution is 2.35. The lowest BCUT2D eigenvalue weighted by Crippen LogP contribution is -2.46. The van der Waals surface area contributed by atoms with Crippen molar-refractivity contribution in [3.63, 3.8) is 0 Å². The molecule has 1 aliphatic carbocycles. The van der Waals surface area contributed by atoms with Gasteiger partial charge in [0.1, 0.15) is 29.3 Å². The van der Waals surface area contributed by atoms with Crippen molar-refractivity contribution < 1.29 is 26.7 Å². The van der Waals surface area contributed by atoms with E-state index < -0.39 is 17.6 Å². The maximum absolute atomic E-state index is 14.3. The fraction of sp³-hybridized carbons (Fsp3) is 0.286. The van der Waals surface area contributed by atoms with Crippen LogP contribution in [0.4, 0.5) is 27.8 Å². The van der Waals surface area contributed by atoms with Crippen LogP contribution in [0.1, 0.15) is 24.0 Å². The van der Waals surface area contributed by atoms with Crippen LogP contribution in [-0.2, 0) is 12.7 Å². The molecule has 0 amide bonds. The van der Waals surface area contributed by atoms with Gasteiger partial charge in [0.25, 0.3) is 0 Å². The molecule has 1 saturated carbocycles. The van der Waals surface area contributed by atoms with Crippen LogP contribution in [0.3, 0.4) is 0 Å². The van der Waals surface area contributed by atoms with Gasteiger partial charge in [-0.05, 0) is 54.6 Å². The van der Waals surface area contributed by atoms with Crippen LogP contribution in [0.15, 0.2) is 42.6 Å². The van der Waals surface area contributed by atoms with Crippen molar-refractivity contribution in [2.24, 2.45) is 0 Å². The van der Waals surface area contributed by atoms with Crippen molar-refractivity contribution in [1.29, 1.82) is 0 Å². The van der Waals surface area contributed by atoms with Gasteiger partial charge >= 0.3 is 6.18 Å². The third kappa shape index (κ3) is 4.99. The number of alkyl halides is 3. The number of nitrogens with zero attached hydrogens (tertiary/aromatic N) is 1. The van der Waals surface area contributed by atoms with E-state index in [9.17, 15) is 22.0 Å². The van der Waals surface area contributed by atoms with Gasteiger partial charge in [-0.2, -0.15) is 13.2 Å². The Morgan fingerprint density at radius 3 is 2.48 bits per heavy atom. The van der Waals surface area contributed by atoms with E-state index in [1.165, 1.54) is 12.1 Å². The highest BCUT2D eigenvalue weighted by molar-refractivity contribution is 5.87. The third-order valence-corrected chi connectivity index (χ3v) is 5.19. The molecule has 31 heavy (non-hydrogen) atoms. The van der Waals surface area contributed by atoms with Gasteiger partial charge in [-0.25, -0.2) is 13.8 Å². The molecular formula is C21H19ClF5N3O. The van der Waals surface area contributed by atoms with Crippen molar-refractivity contribution >= 4 is 29.0 Å². The van der Waals surface area contributed by atoms with E-state index >= 15 is 0 Å². The van der Waals surface area contributed by atoms with Gasteiger partial charge in [0, 0.05) is 29.7 Å². The molecular weight excluding hydrogens is 441 g/mol. The van der Waals surface area contributed by atoms with E-state index in [1.807, 2.05) is 0 Å². The fourth-order valence-corrected chi connectivity index (χ4v) is 3.51. The smallest absolute Gasteiger partial charge is 0.419 e. The van der Waals surface area contributed by atoms with Gasteiger partial charge in [-0.3, -0.25) is 0 Å². The van der Waals surface area contributed by atoms with Crippen molar-refractivity contribution in [2.45, 2.75) is 37.7 Å². The average Bonchev–Trinajstić information content (AvgIpc) is 2.65. The number of rotatable bonds is 5. The molecule has 1 fully saturated rings. The monoisotopic (exact) mass is 459 g/mol. The highest BCUT2D eigenvalue weighted by Gasteiger charge is 2.35. The summed E-state index contributed by atoms with van der Waals surface area (Å²) in [6, 6.07) is 7.23. The van der Waals surface area contributed by atoms with Gasteiger partial charge in [0.2, 0.25) is 0 Å². The Labute approximate surface area is 181 Å². The molecule has 3 aromatic rings. The highest BCUT2D eigenvalue weighted by atomic mass is 35.5. The number of fused-ring (bicyclic) bond motifs is 1. The summed E-state index contributed by atoms with van der Waals surface area (Å²) >= 11 is 0. The van der Waals surface area contributed by atoms with Crippen LogP contribution < -0.4 is 15.8 Å². The summed E-state index contributed by atoms with van der Waals surface area (Å²) < 4.78 is 71.6. The summed E-state index contributed by atoms with van der Waals surface area (Å²) in [6.07, 6.45) is -2.43.